The number of aromatic nitrogens is 2. The van der Waals surface area contributed by atoms with Crippen LogP contribution in [0.3, 0.4) is 0 Å². The first kappa shape index (κ1) is 17.9. The Morgan fingerprint density at radius 2 is 2.00 bits per heavy atom. The zero-order chi connectivity index (χ0) is 19.1. The number of amides is 1. The van der Waals surface area contributed by atoms with Crippen molar-refractivity contribution in [1.82, 2.24) is 10.1 Å². The van der Waals surface area contributed by atoms with Crippen LogP contribution in [0.1, 0.15) is 23.8 Å². The molecule has 0 bridgehead atoms. The average molecular weight is 406 g/mol. The monoisotopic (exact) mass is 405 g/mol. The van der Waals surface area contributed by atoms with Crippen LogP contribution in [0.2, 0.25) is 10.0 Å². The Labute approximate surface area is 164 Å². The molecule has 27 heavy (non-hydrogen) atoms. The van der Waals surface area contributed by atoms with Crippen molar-refractivity contribution in [2.75, 3.05) is 11.4 Å². The van der Waals surface area contributed by atoms with Crippen LogP contribution < -0.4 is 4.90 Å². The third-order valence-corrected chi connectivity index (χ3v) is 5.27. The Balaban J connectivity index is 1.56. The van der Waals surface area contributed by atoms with E-state index >= 15 is 0 Å². The van der Waals surface area contributed by atoms with E-state index in [2.05, 4.69) is 10.1 Å². The lowest BCUT2D eigenvalue weighted by Gasteiger charge is -2.17. The van der Waals surface area contributed by atoms with E-state index in [0.717, 1.165) is 11.3 Å². The van der Waals surface area contributed by atoms with Gasteiger partial charge >= 0.3 is 0 Å². The second-order valence-corrected chi connectivity index (χ2v) is 7.24. The number of halogens is 3. The van der Waals surface area contributed by atoms with Crippen molar-refractivity contribution < 1.29 is 13.7 Å². The molecule has 1 fully saturated rings. The van der Waals surface area contributed by atoms with Gasteiger partial charge in [0, 0.05) is 29.2 Å². The van der Waals surface area contributed by atoms with E-state index in [4.69, 9.17) is 27.7 Å². The molecular formula is C19H14Cl2FN3O2. The smallest absolute Gasteiger partial charge is 0.232 e. The molecule has 1 aliphatic heterocycles. The van der Waals surface area contributed by atoms with E-state index in [9.17, 15) is 9.18 Å². The third kappa shape index (κ3) is 3.42. The minimum atomic E-state index is -0.556. The van der Waals surface area contributed by atoms with Gasteiger partial charge in [-0.25, -0.2) is 4.39 Å². The molecule has 1 saturated heterocycles. The number of hydrogen-bond donors (Lipinski definition) is 0. The first-order valence-corrected chi connectivity index (χ1v) is 9.03. The summed E-state index contributed by atoms with van der Waals surface area (Å²) in [5, 5.41) is 4.53. The van der Waals surface area contributed by atoms with Crippen LogP contribution in [0, 0.1) is 12.7 Å². The van der Waals surface area contributed by atoms with Gasteiger partial charge in [-0.2, -0.15) is 4.98 Å². The largest absolute Gasteiger partial charge is 0.339 e. The molecule has 0 aliphatic carbocycles. The molecule has 0 spiro atoms. The fraction of sp³-hybridized carbons (Fsp3) is 0.211. The van der Waals surface area contributed by atoms with Gasteiger partial charge in [0.15, 0.2) is 0 Å². The lowest BCUT2D eigenvalue weighted by molar-refractivity contribution is -0.117. The molecule has 0 saturated carbocycles. The maximum Gasteiger partial charge on any atom is 0.232 e. The molecule has 3 aromatic rings. The van der Waals surface area contributed by atoms with E-state index in [1.54, 1.807) is 17.0 Å². The van der Waals surface area contributed by atoms with Gasteiger partial charge in [0.2, 0.25) is 17.6 Å². The van der Waals surface area contributed by atoms with Crippen LogP contribution in [-0.4, -0.2) is 22.6 Å². The number of hydrogen-bond acceptors (Lipinski definition) is 4. The van der Waals surface area contributed by atoms with Crippen molar-refractivity contribution in [3.8, 4) is 11.4 Å². The van der Waals surface area contributed by atoms with Gasteiger partial charge in [0.1, 0.15) is 5.82 Å². The summed E-state index contributed by atoms with van der Waals surface area (Å²) in [4.78, 5) is 18.4. The number of nitrogens with zero attached hydrogens (tertiary/aromatic N) is 3. The van der Waals surface area contributed by atoms with Crippen LogP contribution in [0.5, 0.6) is 0 Å². The quantitative estimate of drug-likeness (QED) is 0.614. The molecule has 2 heterocycles. The van der Waals surface area contributed by atoms with Crippen molar-refractivity contribution in [2.45, 2.75) is 19.3 Å². The molecule has 1 aromatic heterocycles. The Morgan fingerprint density at radius 3 is 2.74 bits per heavy atom. The molecule has 138 valence electrons. The van der Waals surface area contributed by atoms with E-state index in [-0.39, 0.29) is 29.1 Å². The third-order valence-electron chi connectivity index (χ3n) is 4.56. The first-order chi connectivity index (χ1) is 12.9. The molecule has 0 radical (unpaired) electrons. The molecule has 5 nitrogen and oxygen atoms in total. The molecule has 0 N–H and O–H groups in total. The standard InChI is InChI=1S/C19H14Cl2FN3O2/c1-10-2-4-13(8-15(10)21)25-9-12(7-17(25)26)19-23-18(24-27-19)11-3-5-14(20)16(22)6-11/h2-6,8,12H,7,9H2,1H3. The molecule has 1 amide bonds. The summed E-state index contributed by atoms with van der Waals surface area (Å²) < 4.78 is 19.0. The fourth-order valence-corrected chi connectivity index (χ4v) is 3.32. The summed E-state index contributed by atoms with van der Waals surface area (Å²) in [6.45, 7) is 2.31. The fourth-order valence-electron chi connectivity index (χ4n) is 3.03. The average Bonchev–Trinajstić information content (AvgIpc) is 3.27. The second kappa shape index (κ2) is 6.94. The number of carbonyl (C=O) groups is 1. The van der Waals surface area contributed by atoms with Crippen molar-refractivity contribution in [1.29, 1.82) is 0 Å². The Bertz CT molecular complexity index is 1040. The number of anilines is 1. The molecule has 1 aliphatic rings. The van der Waals surface area contributed by atoms with Crippen LogP contribution >= 0.6 is 23.2 Å². The van der Waals surface area contributed by atoms with Gasteiger partial charge in [-0.3, -0.25) is 4.79 Å². The molecule has 8 heteroatoms. The summed E-state index contributed by atoms with van der Waals surface area (Å²) >= 11 is 11.9. The van der Waals surface area contributed by atoms with E-state index < -0.39 is 5.82 Å². The first-order valence-electron chi connectivity index (χ1n) is 8.28. The number of aryl methyl sites for hydroxylation is 1. The zero-order valence-electron chi connectivity index (χ0n) is 14.2. The summed E-state index contributed by atoms with van der Waals surface area (Å²) in [6, 6.07) is 9.80. The second-order valence-electron chi connectivity index (χ2n) is 6.42. The van der Waals surface area contributed by atoms with E-state index in [0.29, 0.717) is 23.0 Å². The summed E-state index contributed by atoms with van der Waals surface area (Å²) in [7, 11) is 0. The Morgan fingerprint density at radius 1 is 1.19 bits per heavy atom. The van der Waals surface area contributed by atoms with Crippen molar-refractivity contribution in [3.05, 3.63) is 63.7 Å². The van der Waals surface area contributed by atoms with Crippen molar-refractivity contribution in [2.24, 2.45) is 0 Å². The predicted molar refractivity (Wildman–Crippen MR) is 101 cm³/mol. The van der Waals surface area contributed by atoms with Crippen molar-refractivity contribution >= 4 is 34.8 Å². The van der Waals surface area contributed by atoms with Gasteiger partial charge in [-0.05, 0) is 42.8 Å². The number of rotatable bonds is 3. The van der Waals surface area contributed by atoms with Gasteiger partial charge < -0.3 is 9.42 Å². The van der Waals surface area contributed by atoms with Crippen LogP contribution in [0.4, 0.5) is 10.1 Å². The lowest BCUT2D eigenvalue weighted by Crippen LogP contribution is -2.24. The SMILES string of the molecule is Cc1ccc(N2CC(c3nc(-c4ccc(Cl)c(F)c4)no3)CC2=O)cc1Cl. The van der Waals surface area contributed by atoms with Gasteiger partial charge in [-0.15, -0.1) is 0 Å². The molecular weight excluding hydrogens is 392 g/mol. The highest BCUT2D eigenvalue weighted by molar-refractivity contribution is 6.31. The highest BCUT2D eigenvalue weighted by atomic mass is 35.5. The highest BCUT2D eigenvalue weighted by Crippen LogP contribution is 2.33. The minimum Gasteiger partial charge on any atom is -0.339 e. The molecule has 1 unspecified atom stereocenters. The maximum atomic E-state index is 13.6. The van der Waals surface area contributed by atoms with Crippen LogP contribution in [-0.2, 0) is 4.79 Å². The van der Waals surface area contributed by atoms with Crippen LogP contribution in [0.25, 0.3) is 11.4 Å². The predicted octanol–water partition coefficient (Wildman–Crippen LogP) is 5.01. The van der Waals surface area contributed by atoms with E-state index in [1.807, 2.05) is 19.1 Å². The number of benzene rings is 2. The van der Waals surface area contributed by atoms with Crippen LogP contribution in [0.15, 0.2) is 40.9 Å². The zero-order valence-corrected chi connectivity index (χ0v) is 15.8. The highest BCUT2D eigenvalue weighted by Gasteiger charge is 2.35. The lowest BCUT2D eigenvalue weighted by atomic mass is 10.1. The summed E-state index contributed by atoms with van der Waals surface area (Å²) in [5.74, 6) is -0.244. The summed E-state index contributed by atoms with van der Waals surface area (Å²) in [6.07, 6.45) is 0.252. The molecule has 4 rings (SSSR count). The van der Waals surface area contributed by atoms with Gasteiger partial charge in [0.05, 0.1) is 10.9 Å². The summed E-state index contributed by atoms with van der Waals surface area (Å²) in [5.41, 5.74) is 2.14. The minimum absolute atomic E-state index is 0.0243. The molecule has 2 aromatic carbocycles. The molecule has 1 atom stereocenters. The van der Waals surface area contributed by atoms with Gasteiger partial charge in [0.25, 0.3) is 0 Å². The van der Waals surface area contributed by atoms with Gasteiger partial charge in [-0.1, -0.05) is 34.4 Å². The topological polar surface area (TPSA) is 59.2 Å². The van der Waals surface area contributed by atoms with E-state index in [1.165, 1.54) is 12.1 Å². The Kier molecular flexibility index (Phi) is 4.61. The number of carbonyl (C=O) groups excluding carboxylic acids is 1. The van der Waals surface area contributed by atoms with Crippen molar-refractivity contribution in [3.63, 3.8) is 0 Å². The Hall–Kier alpha value is -2.44. The normalized spacial score (nSPS) is 17.0. The maximum absolute atomic E-state index is 13.6.